The zero-order valence-electron chi connectivity index (χ0n) is 9.04. The second kappa shape index (κ2) is 5.83. The van der Waals surface area contributed by atoms with Gasteiger partial charge in [0.15, 0.2) is 0 Å². The Bertz CT molecular complexity index is 540. The molecular formula is C13H10N2OS. The van der Waals surface area contributed by atoms with Crippen LogP contribution in [0.1, 0.15) is 16.0 Å². The lowest BCUT2D eigenvalue weighted by atomic mass is 10.2. The molecule has 0 N–H and O–H groups in total. The minimum Gasteiger partial charge on any atom is -0.391 e. The molecule has 4 heteroatoms. The van der Waals surface area contributed by atoms with E-state index < -0.39 is 0 Å². The number of thiophene rings is 1. The molecule has 1 aromatic heterocycles. The van der Waals surface area contributed by atoms with Crippen LogP contribution in [-0.2, 0) is 11.4 Å². The van der Waals surface area contributed by atoms with Crippen molar-refractivity contribution >= 4 is 17.6 Å². The molecule has 2 aromatic rings. The lowest BCUT2D eigenvalue weighted by Crippen LogP contribution is -1.86. The van der Waals surface area contributed by atoms with Crippen LogP contribution in [0.25, 0.3) is 0 Å². The number of hydrogen-bond donors (Lipinski definition) is 0. The zero-order valence-corrected chi connectivity index (χ0v) is 9.85. The highest BCUT2D eigenvalue weighted by molar-refractivity contribution is 7.11. The topological polar surface area (TPSA) is 45.4 Å². The van der Waals surface area contributed by atoms with Crippen molar-refractivity contribution in [1.82, 2.24) is 0 Å². The minimum absolute atomic E-state index is 0.452. The Morgan fingerprint density at radius 3 is 2.88 bits per heavy atom. The summed E-state index contributed by atoms with van der Waals surface area (Å²) < 4.78 is 0. The molecule has 1 heterocycles. The van der Waals surface area contributed by atoms with E-state index in [9.17, 15) is 0 Å². The molecule has 0 fully saturated rings. The first-order valence-electron chi connectivity index (χ1n) is 5.06. The molecule has 84 valence electrons. The summed E-state index contributed by atoms with van der Waals surface area (Å²) in [6, 6.07) is 13.7. The monoisotopic (exact) mass is 242 g/mol. The third kappa shape index (κ3) is 3.44. The molecule has 3 nitrogen and oxygen atoms in total. The van der Waals surface area contributed by atoms with Gasteiger partial charge in [-0.2, -0.15) is 5.26 Å². The third-order valence-corrected chi connectivity index (χ3v) is 2.94. The van der Waals surface area contributed by atoms with Crippen molar-refractivity contribution in [3.63, 3.8) is 0 Å². The largest absolute Gasteiger partial charge is 0.391 e. The van der Waals surface area contributed by atoms with Crippen LogP contribution in [0.3, 0.4) is 0 Å². The molecule has 1 aromatic carbocycles. The molecule has 0 saturated heterocycles. The van der Waals surface area contributed by atoms with Crippen LogP contribution in [0.2, 0.25) is 0 Å². The summed E-state index contributed by atoms with van der Waals surface area (Å²) in [5.74, 6) is 0. The number of benzene rings is 1. The predicted octanol–water partition coefficient (Wildman–Crippen LogP) is 3.17. The Balaban J connectivity index is 1.84. The van der Waals surface area contributed by atoms with E-state index in [1.165, 1.54) is 11.3 Å². The van der Waals surface area contributed by atoms with Gasteiger partial charge in [0.2, 0.25) is 0 Å². The number of nitriles is 1. The molecule has 17 heavy (non-hydrogen) atoms. The Morgan fingerprint density at radius 1 is 1.35 bits per heavy atom. The maximum absolute atomic E-state index is 8.65. The summed E-state index contributed by atoms with van der Waals surface area (Å²) in [5.41, 5.74) is 1.73. The van der Waals surface area contributed by atoms with E-state index in [1.54, 1.807) is 17.7 Å². The molecule has 2 rings (SSSR count). The van der Waals surface area contributed by atoms with E-state index in [4.69, 9.17) is 10.1 Å². The third-order valence-electron chi connectivity index (χ3n) is 2.08. The summed E-state index contributed by atoms with van der Waals surface area (Å²) >= 11 is 1.47. The summed E-state index contributed by atoms with van der Waals surface area (Å²) in [4.78, 5) is 6.07. The van der Waals surface area contributed by atoms with Gasteiger partial charge in [-0.1, -0.05) is 35.5 Å². The van der Waals surface area contributed by atoms with E-state index >= 15 is 0 Å². The Labute approximate surface area is 104 Å². The van der Waals surface area contributed by atoms with Crippen LogP contribution < -0.4 is 0 Å². The second-order valence-electron chi connectivity index (χ2n) is 3.34. The van der Waals surface area contributed by atoms with Gasteiger partial charge >= 0.3 is 0 Å². The van der Waals surface area contributed by atoms with Crippen molar-refractivity contribution in [2.75, 3.05) is 0 Å². The first kappa shape index (κ1) is 11.4. The Kier molecular flexibility index (Phi) is 3.90. The van der Waals surface area contributed by atoms with Gasteiger partial charge in [0.05, 0.1) is 16.7 Å². The van der Waals surface area contributed by atoms with Gasteiger partial charge < -0.3 is 4.84 Å². The molecule has 0 atom stereocenters. The van der Waals surface area contributed by atoms with E-state index in [0.717, 1.165) is 10.4 Å². The van der Waals surface area contributed by atoms with Crippen LogP contribution in [0.5, 0.6) is 0 Å². The van der Waals surface area contributed by atoms with E-state index in [1.807, 2.05) is 30.3 Å². The van der Waals surface area contributed by atoms with Crippen LogP contribution >= 0.6 is 11.3 Å². The fourth-order valence-electron chi connectivity index (χ4n) is 1.25. The molecule has 0 saturated carbocycles. The molecule has 0 aliphatic heterocycles. The van der Waals surface area contributed by atoms with Gasteiger partial charge in [-0.25, -0.2) is 0 Å². The zero-order chi connectivity index (χ0) is 11.9. The van der Waals surface area contributed by atoms with Crippen molar-refractivity contribution < 1.29 is 4.84 Å². The van der Waals surface area contributed by atoms with Crippen molar-refractivity contribution in [2.24, 2.45) is 5.16 Å². The average Bonchev–Trinajstić information content (AvgIpc) is 2.84. The van der Waals surface area contributed by atoms with Crippen molar-refractivity contribution in [1.29, 1.82) is 5.26 Å². The SMILES string of the molecule is N#Cc1csc(/C=N/OCc2ccccc2)c1. The molecular weight excluding hydrogens is 232 g/mol. The van der Waals surface area contributed by atoms with Gasteiger partial charge in [0.1, 0.15) is 12.7 Å². The minimum atomic E-state index is 0.452. The number of hydrogen-bond acceptors (Lipinski definition) is 4. The lowest BCUT2D eigenvalue weighted by Gasteiger charge is -1.97. The van der Waals surface area contributed by atoms with Crippen LogP contribution in [-0.4, -0.2) is 6.21 Å². The summed E-state index contributed by atoms with van der Waals surface area (Å²) in [6.07, 6.45) is 1.62. The van der Waals surface area contributed by atoms with Crippen LogP contribution in [0, 0.1) is 11.3 Å². The fraction of sp³-hybridized carbons (Fsp3) is 0.0769. The number of nitrogens with zero attached hydrogens (tertiary/aromatic N) is 2. The molecule has 0 aliphatic carbocycles. The molecule has 0 amide bonds. The first-order valence-corrected chi connectivity index (χ1v) is 5.94. The Morgan fingerprint density at radius 2 is 2.18 bits per heavy atom. The Hall–Kier alpha value is -2.12. The van der Waals surface area contributed by atoms with Crippen molar-refractivity contribution in [2.45, 2.75) is 6.61 Å². The lowest BCUT2D eigenvalue weighted by molar-refractivity contribution is 0.132. The molecule has 0 unspecified atom stereocenters. The summed E-state index contributed by atoms with van der Waals surface area (Å²) in [6.45, 7) is 0.452. The summed E-state index contributed by atoms with van der Waals surface area (Å²) in [7, 11) is 0. The summed E-state index contributed by atoms with van der Waals surface area (Å²) in [5, 5.41) is 14.3. The highest BCUT2D eigenvalue weighted by Crippen LogP contribution is 2.11. The van der Waals surface area contributed by atoms with Gasteiger partial charge in [-0.05, 0) is 11.6 Å². The number of oxime groups is 1. The van der Waals surface area contributed by atoms with Crippen molar-refractivity contribution in [3.8, 4) is 6.07 Å². The first-order chi connectivity index (χ1) is 8.38. The average molecular weight is 242 g/mol. The van der Waals surface area contributed by atoms with Gasteiger partial charge in [-0.15, -0.1) is 11.3 Å². The van der Waals surface area contributed by atoms with Crippen LogP contribution in [0.4, 0.5) is 0 Å². The maximum atomic E-state index is 8.65. The molecule has 0 bridgehead atoms. The molecule has 0 spiro atoms. The van der Waals surface area contributed by atoms with Crippen molar-refractivity contribution in [3.05, 3.63) is 57.8 Å². The van der Waals surface area contributed by atoms with E-state index in [-0.39, 0.29) is 0 Å². The standard InChI is InChI=1S/C13H10N2OS/c14-7-12-6-13(17-10-12)8-15-16-9-11-4-2-1-3-5-11/h1-6,8,10H,9H2/b15-8+. The number of rotatable bonds is 4. The fourth-order valence-corrected chi connectivity index (χ4v) is 1.94. The molecule has 0 aliphatic rings. The highest BCUT2D eigenvalue weighted by atomic mass is 32.1. The normalized spacial score (nSPS) is 10.3. The van der Waals surface area contributed by atoms with E-state index in [2.05, 4.69) is 11.2 Å². The predicted molar refractivity (Wildman–Crippen MR) is 67.9 cm³/mol. The van der Waals surface area contributed by atoms with Gasteiger partial charge in [-0.3, -0.25) is 0 Å². The van der Waals surface area contributed by atoms with E-state index in [0.29, 0.717) is 12.2 Å². The smallest absolute Gasteiger partial charge is 0.142 e. The van der Waals surface area contributed by atoms with Gasteiger partial charge in [0.25, 0.3) is 0 Å². The molecule has 0 radical (unpaired) electrons. The highest BCUT2D eigenvalue weighted by Gasteiger charge is 1.95. The quantitative estimate of drug-likeness (QED) is 0.610. The van der Waals surface area contributed by atoms with Crippen LogP contribution in [0.15, 0.2) is 46.9 Å². The van der Waals surface area contributed by atoms with Gasteiger partial charge in [0, 0.05) is 5.38 Å². The second-order valence-corrected chi connectivity index (χ2v) is 4.29. The maximum Gasteiger partial charge on any atom is 0.142 e.